The Bertz CT molecular complexity index is 388. The molecular formula is C13H17BrO2. The molecule has 1 aromatic carbocycles. The molecule has 0 aromatic heterocycles. The summed E-state index contributed by atoms with van der Waals surface area (Å²) in [6.45, 7) is 4.40. The van der Waals surface area contributed by atoms with Crippen molar-refractivity contribution in [2.24, 2.45) is 5.92 Å². The van der Waals surface area contributed by atoms with Crippen LogP contribution in [0.1, 0.15) is 25.8 Å². The lowest BCUT2D eigenvalue weighted by Gasteiger charge is -2.29. The SMILES string of the molecule is COc1cc(Br)c2c(c1)CCC(C(C)C)O2. The fraction of sp³-hybridized carbons (Fsp3) is 0.538. The molecular weight excluding hydrogens is 268 g/mol. The molecule has 0 spiro atoms. The Morgan fingerprint density at radius 3 is 2.81 bits per heavy atom. The van der Waals surface area contributed by atoms with E-state index < -0.39 is 0 Å². The molecule has 0 aliphatic carbocycles. The molecule has 0 amide bonds. The minimum absolute atomic E-state index is 0.331. The second-order valence-electron chi connectivity index (χ2n) is 4.54. The number of ether oxygens (including phenoxy) is 2. The summed E-state index contributed by atoms with van der Waals surface area (Å²) in [6, 6.07) is 4.03. The van der Waals surface area contributed by atoms with Gasteiger partial charge in [0.05, 0.1) is 11.6 Å². The van der Waals surface area contributed by atoms with Crippen LogP contribution in [0.25, 0.3) is 0 Å². The van der Waals surface area contributed by atoms with Crippen molar-refractivity contribution in [2.75, 3.05) is 7.11 Å². The van der Waals surface area contributed by atoms with Crippen LogP contribution in [-0.2, 0) is 6.42 Å². The summed E-state index contributed by atoms with van der Waals surface area (Å²) in [5.74, 6) is 2.44. The smallest absolute Gasteiger partial charge is 0.137 e. The molecule has 1 atom stereocenters. The van der Waals surface area contributed by atoms with Gasteiger partial charge in [-0.2, -0.15) is 0 Å². The molecule has 0 N–H and O–H groups in total. The summed E-state index contributed by atoms with van der Waals surface area (Å²) < 4.78 is 12.3. The van der Waals surface area contributed by atoms with Gasteiger partial charge in [0.2, 0.25) is 0 Å². The molecule has 1 aliphatic heterocycles. The van der Waals surface area contributed by atoms with E-state index in [2.05, 4.69) is 35.8 Å². The Kier molecular flexibility index (Phi) is 3.43. The summed E-state index contributed by atoms with van der Waals surface area (Å²) in [7, 11) is 1.69. The van der Waals surface area contributed by atoms with Crippen molar-refractivity contribution >= 4 is 15.9 Å². The Morgan fingerprint density at radius 2 is 2.19 bits per heavy atom. The fourth-order valence-electron chi connectivity index (χ4n) is 2.04. The first kappa shape index (κ1) is 11.8. The van der Waals surface area contributed by atoms with Gasteiger partial charge in [-0.1, -0.05) is 13.8 Å². The molecule has 0 saturated carbocycles. The standard InChI is InChI=1S/C13H17BrO2/c1-8(2)12-5-4-9-6-10(15-3)7-11(14)13(9)16-12/h6-8,12H,4-5H2,1-3H3. The van der Waals surface area contributed by atoms with Crippen LogP contribution < -0.4 is 9.47 Å². The average molecular weight is 285 g/mol. The minimum atomic E-state index is 0.331. The van der Waals surface area contributed by atoms with E-state index in [0.29, 0.717) is 12.0 Å². The van der Waals surface area contributed by atoms with Gasteiger partial charge in [-0.15, -0.1) is 0 Å². The van der Waals surface area contributed by atoms with Gasteiger partial charge in [0.1, 0.15) is 17.6 Å². The molecule has 1 heterocycles. The lowest BCUT2D eigenvalue weighted by Crippen LogP contribution is -2.27. The van der Waals surface area contributed by atoms with Gasteiger partial charge < -0.3 is 9.47 Å². The molecule has 3 heteroatoms. The molecule has 0 bridgehead atoms. The van der Waals surface area contributed by atoms with Gasteiger partial charge in [-0.3, -0.25) is 0 Å². The zero-order valence-corrected chi connectivity index (χ0v) is 11.5. The maximum absolute atomic E-state index is 6.02. The predicted molar refractivity (Wildman–Crippen MR) is 68.3 cm³/mol. The van der Waals surface area contributed by atoms with E-state index >= 15 is 0 Å². The Hall–Kier alpha value is -0.700. The first-order valence-electron chi connectivity index (χ1n) is 5.65. The van der Waals surface area contributed by atoms with Crippen molar-refractivity contribution in [1.82, 2.24) is 0 Å². The first-order valence-corrected chi connectivity index (χ1v) is 6.44. The quantitative estimate of drug-likeness (QED) is 0.822. The molecule has 2 nitrogen and oxygen atoms in total. The van der Waals surface area contributed by atoms with Crippen LogP contribution in [0.2, 0.25) is 0 Å². The lowest BCUT2D eigenvalue weighted by molar-refractivity contribution is 0.126. The average Bonchev–Trinajstić information content (AvgIpc) is 2.28. The number of hydrogen-bond donors (Lipinski definition) is 0. The third kappa shape index (κ3) is 2.19. The number of halogens is 1. The van der Waals surface area contributed by atoms with Crippen LogP contribution in [-0.4, -0.2) is 13.2 Å². The van der Waals surface area contributed by atoms with Crippen molar-refractivity contribution in [3.8, 4) is 11.5 Å². The van der Waals surface area contributed by atoms with Crippen LogP contribution >= 0.6 is 15.9 Å². The number of hydrogen-bond acceptors (Lipinski definition) is 2. The zero-order chi connectivity index (χ0) is 11.7. The number of rotatable bonds is 2. The van der Waals surface area contributed by atoms with Gasteiger partial charge in [0.25, 0.3) is 0 Å². The van der Waals surface area contributed by atoms with Crippen molar-refractivity contribution in [3.05, 3.63) is 22.2 Å². The third-order valence-corrected chi connectivity index (χ3v) is 3.63. The van der Waals surface area contributed by atoms with Crippen molar-refractivity contribution < 1.29 is 9.47 Å². The Morgan fingerprint density at radius 1 is 1.44 bits per heavy atom. The minimum Gasteiger partial charge on any atom is -0.497 e. The molecule has 1 unspecified atom stereocenters. The number of methoxy groups -OCH3 is 1. The summed E-state index contributed by atoms with van der Waals surface area (Å²) in [4.78, 5) is 0. The van der Waals surface area contributed by atoms with E-state index in [-0.39, 0.29) is 0 Å². The monoisotopic (exact) mass is 284 g/mol. The Balaban J connectivity index is 2.32. The Labute approximate surface area is 105 Å². The highest BCUT2D eigenvalue weighted by molar-refractivity contribution is 9.10. The van der Waals surface area contributed by atoms with E-state index in [4.69, 9.17) is 9.47 Å². The molecule has 0 fully saturated rings. The lowest BCUT2D eigenvalue weighted by atomic mass is 9.95. The summed E-state index contributed by atoms with van der Waals surface area (Å²) in [6.07, 6.45) is 2.48. The number of aryl methyl sites for hydroxylation is 1. The third-order valence-electron chi connectivity index (χ3n) is 3.04. The number of fused-ring (bicyclic) bond motifs is 1. The van der Waals surface area contributed by atoms with Gasteiger partial charge >= 0.3 is 0 Å². The van der Waals surface area contributed by atoms with Crippen LogP contribution in [0.5, 0.6) is 11.5 Å². The zero-order valence-electron chi connectivity index (χ0n) is 9.92. The van der Waals surface area contributed by atoms with E-state index in [1.54, 1.807) is 7.11 Å². The highest BCUT2D eigenvalue weighted by Crippen LogP contribution is 2.39. The van der Waals surface area contributed by atoms with Crippen LogP contribution in [0.3, 0.4) is 0 Å². The molecule has 0 radical (unpaired) electrons. The predicted octanol–water partition coefficient (Wildman–Crippen LogP) is 3.81. The van der Waals surface area contributed by atoms with Gasteiger partial charge in [-0.25, -0.2) is 0 Å². The summed E-state index contributed by atoms with van der Waals surface area (Å²) in [5.41, 5.74) is 1.24. The molecule has 2 rings (SSSR count). The molecule has 1 aromatic rings. The molecule has 16 heavy (non-hydrogen) atoms. The van der Waals surface area contributed by atoms with Crippen LogP contribution in [0, 0.1) is 5.92 Å². The van der Waals surface area contributed by atoms with Gasteiger partial charge in [0, 0.05) is 0 Å². The van der Waals surface area contributed by atoms with Crippen LogP contribution in [0.15, 0.2) is 16.6 Å². The largest absolute Gasteiger partial charge is 0.497 e. The maximum atomic E-state index is 6.02. The number of benzene rings is 1. The molecule has 0 saturated heterocycles. The van der Waals surface area contributed by atoms with Crippen molar-refractivity contribution in [1.29, 1.82) is 0 Å². The van der Waals surface area contributed by atoms with Crippen molar-refractivity contribution in [2.45, 2.75) is 32.8 Å². The highest BCUT2D eigenvalue weighted by Gasteiger charge is 2.24. The molecule has 88 valence electrons. The van der Waals surface area contributed by atoms with E-state index in [1.807, 2.05) is 6.07 Å². The first-order chi connectivity index (χ1) is 7.61. The fourth-order valence-corrected chi connectivity index (χ4v) is 2.61. The van der Waals surface area contributed by atoms with Crippen LogP contribution in [0.4, 0.5) is 0 Å². The summed E-state index contributed by atoms with van der Waals surface area (Å²) in [5, 5.41) is 0. The van der Waals surface area contributed by atoms with Gasteiger partial charge in [-0.05, 0) is 52.4 Å². The topological polar surface area (TPSA) is 18.5 Å². The van der Waals surface area contributed by atoms with Crippen molar-refractivity contribution in [3.63, 3.8) is 0 Å². The van der Waals surface area contributed by atoms with E-state index in [1.165, 1.54) is 5.56 Å². The van der Waals surface area contributed by atoms with E-state index in [9.17, 15) is 0 Å². The maximum Gasteiger partial charge on any atom is 0.137 e. The normalized spacial score (nSPS) is 19.2. The van der Waals surface area contributed by atoms with Gasteiger partial charge in [0.15, 0.2) is 0 Å². The molecule has 1 aliphatic rings. The second-order valence-corrected chi connectivity index (χ2v) is 5.39. The highest BCUT2D eigenvalue weighted by atomic mass is 79.9. The summed E-state index contributed by atoms with van der Waals surface area (Å²) >= 11 is 3.55. The second kappa shape index (κ2) is 4.66. The van der Waals surface area contributed by atoms with E-state index in [0.717, 1.165) is 28.8 Å².